The number of amides is 2. The number of aromatic amines is 1. The van der Waals surface area contributed by atoms with Gasteiger partial charge >= 0.3 is 6.09 Å². The smallest absolute Gasteiger partial charge is 0.407 e. The number of carbonyl (C=O) groups is 2. The van der Waals surface area contributed by atoms with Crippen molar-refractivity contribution in [3.8, 4) is 22.5 Å². The van der Waals surface area contributed by atoms with Gasteiger partial charge < -0.3 is 19.9 Å². The first-order valence-electron chi connectivity index (χ1n) is 16.3. The number of carbonyl (C=O) groups excluding carboxylic acids is 2. The maximum Gasteiger partial charge on any atom is 0.407 e. The second-order valence-electron chi connectivity index (χ2n) is 13.7. The fourth-order valence-electron chi connectivity index (χ4n) is 8.48. The lowest BCUT2D eigenvalue weighted by Gasteiger charge is -2.30. The quantitative estimate of drug-likeness (QED) is 0.294. The Labute approximate surface area is 267 Å². The van der Waals surface area contributed by atoms with Crippen LogP contribution in [0.3, 0.4) is 0 Å². The molecule has 0 unspecified atom stereocenters. The molecule has 2 amide bonds. The predicted octanol–water partition coefficient (Wildman–Crippen LogP) is 7.09. The fourth-order valence-corrected chi connectivity index (χ4v) is 8.97. The third-order valence-corrected chi connectivity index (χ3v) is 11.4. The molecule has 2 atom stereocenters. The van der Waals surface area contributed by atoms with Gasteiger partial charge in [-0.25, -0.2) is 9.78 Å². The van der Waals surface area contributed by atoms with E-state index in [0.717, 1.165) is 50.0 Å². The number of rotatable bonds is 6. The third-order valence-electron chi connectivity index (χ3n) is 10.7. The highest BCUT2D eigenvalue weighted by atomic mass is 79.9. The van der Waals surface area contributed by atoms with Crippen LogP contribution >= 0.6 is 15.9 Å². The van der Waals surface area contributed by atoms with Crippen LogP contribution in [0.4, 0.5) is 4.79 Å². The summed E-state index contributed by atoms with van der Waals surface area (Å²) in [7, 11) is 1.32. The van der Waals surface area contributed by atoms with Crippen LogP contribution in [0, 0.1) is 11.3 Å². The Morgan fingerprint density at radius 3 is 2.48 bits per heavy atom. The van der Waals surface area contributed by atoms with E-state index in [2.05, 4.69) is 38.4 Å². The maximum atomic E-state index is 13.6. The molecule has 8 nitrogen and oxygen atoms in total. The largest absolute Gasteiger partial charge is 0.453 e. The lowest BCUT2D eigenvalue weighted by atomic mass is 9.83. The van der Waals surface area contributed by atoms with Gasteiger partial charge in [0.15, 0.2) is 0 Å². The van der Waals surface area contributed by atoms with Crippen molar-refractivity contribution < 1.29 is 14.3 Å². The van der Waals surface area contributed by atoms with E-state index in [1.165, 1.54) is 82.8 Å². The van der Waals surface area contributed by atoms with E-state index in [-0.39, 0.29) is 17.9 Å². The summed E-state index contributed by atoms with van der Waals surface area (Å²) in [5.41, 5.74) is 10.9. The van der Waals surface area contributed by atoms with Crippen LogP contribution in [0.15, 0.2) is 29.0 Å². The molecular formula is C35H42BrN5O3. The first-order chi connectivity index (χ1) is 21.3. The number of methoxy groups -OCH3 is 1. The number of fused-ring (bicyclic) bond motifs is 2. The Bertz CT molecular complexity index is 1610. The van der Waals surface area contributed by atoms with Gasteiger partial charge in [-0.2, -0.15) is 0 Å². The van der Waals surface area contributed by atoms with Crippen LogP contribution in [-0.4, -0.2) is 51.5 Å². The Morgan fingerprint density at radius 2 is 1.73 bits per heavy atom. The van der Waals surface area contributed by atoms with Crippen molar-refractivity contribution in [3.05, 3.63) is 57.1 Å². The summed E-state index contributed by atoms with van der Waals surface area (Å²) in [6.45, 7) is 4.51. The summed E-state index contributed by atoms with van der Waals surface area (Å²) in [4.78, 5) is 40.9. The zero-order chi connectivity index (χ0) is 30.6. The Hall–Kier alpha value is -3.20. The number of imidazole rings is 1. The highest BCUT2D eigenvalue weighted by Crippen LogP contribution is 2.52. The average Bonchev–Trinajstić information content (AvgIpc) is 3.85. The number of pyridine rings is 1. The number of nitrogens with zero attached hydrogens (tertiary/aromatic N) is 3. The molecule has 3 heterocycles. The summed E-state index contributed by atoms with van der Waals surface area (Å²) < 4.78 is 5.95. The van der Waals surface area contributed by atoms with Gasteiger partial charge in [0, 0.05) is 28.3 Å². The number of halogens is 1. The number of aromatic nitrogens is 3. The molecule has 0 bridgehead atoms. The van der Waals surface area contributed by atoms with Crippen molar-refractivity contribution >= 4 is 27.9 Å². The van der Waals surface area contributed by atoms with Gasteiger partial charge in [0.25, 0.3) is 0 Å². The SMILES string of the molecule is COC(=O)N[C@H](C(=O)N1CCC[C@H]1c1ncc(-c2ccc(-c3ncc(Br)c4c3CC3(CCCC3)C4)c3c2CCC3)[nH]1)C(C)C. The lowest BCUT2D eigenvalue weighted by Crippen LogP contribution is -2.51. The number of alkyl carbamates (subject to hydrolysis) is 1. The second-order valence-corrected chi connectivity index (χ2v) is 14.5. The zero-order valence-electron chi connectivity index (χ0n) is 26.0. The van der Waals surface area contributed by atoms with Crippen molar-refractivity contribution in [2.45, 2.75) is 96.6 Å². The number of hydrogen-bond donors (Lipinski definition) is 2. The molecule has 44 heavy (non-hydrogen) atoms. The first kappa shape index (κ1) is 29.5. The number of nitrogens with one attached hydrogen (secondary N) is 2. The van der Waals surface area contributed by atoms with Gasteiger partial charge in [-0.1, -0.05) is 38.8 Å². The molecule has 2 fully saturated rings. The van der Waals surface area contributed by atoms with E-state index in [4.69, 9.17) is 14.7 Å². The molecule has 4 aliphatic rings. The van der Waals surface area contributed by atoms with E-state index in [9.17, 15) is 9.59 Å². The number of likely N-dealkylation sites (tertiary alicyclic amines) is 1. The summed E-state index contributed by atoms with van der Waals surface area (Å²) >= 11 is 3.84. The van der Waals surface area contributed by atoms with Crippen molar-refractivity contribution in [3.63, 3.8) is 0 Å². The highest BCUT2D eigenvalue weighted by Gasteiger charge is 2.42. The van der Waals surface area contributed by atoms with Gasteiger partial charge in [0.2, 0.25) is 5.91 Å². The molecule has 2 N–H and O–H groups in total. The summed E-state index contributed by atoms with van der Waals surface area (Å²) in [5.74, 6) is 0.641. The third kappa shape index (κ3) is 5.05. The van der Waals surface area contributed by atoms with E-state index < -0.39 is 12.1 Å². The van der Waals surface area contributed by atoms with Gasteiger partial charge in [0.05, 0.1) is 30.7 Å². The van der Waals surface area contributed by atoms with Crippen molar-refractivity contribution in [1.82, 2.24) is 25.2 Å². The standard InChI is InChI=1S/C35H42BrN5O3/c1-20(2)30(40-34(43)44-3)33(42)41-15-7-10-29(41)32-38-19-28(39-32)23-11-12-24(22-9-6-8-21(22)23)31-26-17-35(13-4-5-14-35)16-25(26)27(36)18-37-31/h11-12,18-20,29-30H,4-10,13-17H2,1-3H3,(H,38,39)(H,40,43)/t29-,30-/m0/s1. The Morgan fingerprint density at radius 1 is 1.00 bits per heavy atom. The number of benzene rings is 1. The van der Waals surface area contributed by atoms with Crippen LogP contribution < -0.4 is 5.32 Å². The lowest BCUT2D eigenvalue weighted by molar-refractivity contribution is -0.135. The van der Waals surface area contributed by atoms with Crippen LogP contribution in [0.2, 0.25) is 0 Å². The van der Waals surface area contributed by atoms with Crippen molar-refractivity contribution in [1.29, 1.82) is 0 Å². The van der Waals surface area contributed by atoms with Gasteiger partial charge in [-0.05, 0) is 107 Å². The van der Waals surface area contributed by atoms with E-state index in [0.29, 0.717) is 12.0 Å². The molecule has 0 radical (unpaired) electrons. The van der Waals surface area contributed by atoms with Crippen LogP contribution in [0.25, 0.3) is 22.5 Å². The molecule has 3 aromatic rings. The summed E-state index contributed by atoms with van der Waals surface area (Å²) in [6.07, 6.45) is 16.0. The monoisotopic (exact) mass is 659 g/mol. The highest BCUT2D eigenvalue weighted by molar-refractivity contribution is 9.10. The number of H-pyrrole nitrogens is 1. The summed E-state index contributed by atoms with van der Waals surface area (Å²) in [6, 6.07) is 3.74. The number of hydrogen-bond acceptors (Lipinski definition) is 5. The molecule has 9 heteroatoms. The van der Waals surface area contributed by atoms with E-state index in [1.54, 1.807) is 0 Å². The molecular weight excluding hydrogens is 618 g/mol. The van der Waals surface area contributed by atoms with Crippen LogP contribution in [0.1, 0.15) is 92.9 Å². The molecule has 1 saturated heterocycles. The zero-order valence-corrected chi connectivity index (χ0v) is 27.6. The van der Waals surface area contributed by atoms with Crippen molar-refractivity contribution in [2.24, 2.45) is 11.3 Å². The number of ether oxygens (including phenoxy) is 1. The molecule has 2 aromatic heterocycles. The minimum absolute atomic E-state index is 0.0683. The molecule has 1 saturated carbocycles. The minimum Gasteiger partial charge on any atom is -0.453 e. The summed E-state index contributed by atoms with van der Waals surface area (Å²) in [5, 5.41) is 2.73. The van der Waals surface area contributed by atoms with E-state index >= 15 is 0 Å². The maximum absolute atomic E-state index is 13.6. The molecule has 232 valence electrons. The first-order valence-corrected chi connectivity index (χ1v) is 17.1. The van der Waals surface area contributed by atoms with Gasteiger partial charge in [0.1, 0.15) is 11.9 Å². The van der Waals surface area contributed by atoms with Gasteiger partial charge in [-0.15, -0.1) is 0 Å². The van der Waals surface area contributed by atoms with Crippen LogP contribution in [-0.2, 0) is 35.2 Å². The molecule has 1 spiro atoms. The minimum atomic E-state index is -0.648. The Kier molecular flexibility index (Phi) is 7.79. The predicted molar refractivity (Wildman–Crippen MR) is 173 cm³/mol. The molecule has 1 aromatic carbocycles. The topological polar surface area (TPSA) is 100 Å². The van der Waals surface area contributed by atoms with Gasteiger partial charge in [-0.3, -0.25) is 9.78 Å². The molecule has 7 rings (SSSR count). The van der Waals surface area contributed by atoms with E-state index in [1.807, 2.05) is 31.1 Å². The fraction of sp³-hybridized carbons (Fsp3) is 0.543. The average molecular weight is 661 g/mol. The second kappa shape index (κ2) is 11.6. The molecule has 3 aliphatic carbocycles. The Balaban J connectivity index is 1.18. The van der Waals surface area contributed by atoms with Crippen molar-refractivity contribution in [2.75, 3.05) is 13.7 Å². The van der Waals surface area contributed by atoms with Crippen LogP contribution in [0.5, 0.6) is 0 Å². The normalized spacial score (nSPS) is 20.8. The molecule has 1 aliphatic heterocycles.